The summed E-state index contributed by atoms with van der Waals surface area (Å²) in [6.07, 6.45) is 5.38. The van der Waals surface area contributed by atoms with E-state index in [1.807, 2.05) is 0 Å². The van der Waals surface area contributed by atoms with Gasteiger partial charge in [0.2, 0.25) is 0 Å². The quantitative estimate of drug-likeness (QED) is 0.588. The fraction of sp³-hybridized carbons (Fsp3) is 0.786. The van der Waals surface area contributed by atoms with Crippen LogP contribution < -0.4 is 0 Å². The van der Waals surface area contributed by atoms with Gasteiger partial charge >= 0.3 is 0 Å². The third-order valence-electron chi connectivity index (χ3n) is 4.28. The van der Waals surface area contributed by atoms with E-state index in [-0.39, 0.29) is 10.8 Å². The van der Waals surface area contributed by atoms with Crippen LogP contribution in [0.3, 0.4) is 0 Å². The van der Waals surface area contributed by atoms with E-state index in [0.717, 1.165) is 25.7 Å². The SMILES string of the molecule is CC1(C)CCC(C)(C)C2=C1CCCC2=O. The zero-order valence-electron chi connectivity index (χ0n) is 10.4. The Balaban J connectivity index is 2.56. The first-order valence-electron chi connectivity index (χ1n) is 6.12. The molecule has 0 bridgehead atoms. The van der Waals surface area contributed by atoms with Gasteiger partial charge in [-0.3, -0.25) is 4.79 Å². The van der Waals surface area contributed by atoms with Gasteiger partial charge in [0.15, 0.2) is 5.78 Å². The predicted molar refractivity (Wildman–Crippen MR) is 62.7 cm³/mol. The van der Waals surface area contributed by atoms with Crippen LogP contribution >= 0.6 is 0 Å². The zero-order chi connectivity index (χ0) is 11.3. The Hall–Kier alpha value is -0.590. The molecule has 0 saturated carbocycles. The van der Waals surface area contributed by atoms with E-state index < -0.39 is 0 Å². The van der Waals surface area contributed by atoms with Crippen molar-refractivity contribution in [1.29, 1.82) is 0 Å². The summed E-state index contributed by atoms with van der Waals surface area (Å²) in [5.41, 5.74) is 3.04. The van der Waals surface area contributed by atoms with Crippen molar-refractivity contribution >= 4 is 5.78 Å². The van der Waals surface area contributed by atoms with Gasteiger partial charge in [-0.05, 0) is 36.5 Å². The molecule has 0 radical (unpaired) electrons. The lowest BCUT2D eigenvalue weighted by Gasteiger charge is -2.45. The second-order valence-electron chi connectivity index (χ2n) is 6.40. The molecule has 0 aromatic carbocycles. The normalized spacial score (nSPS) is 28.9. The molecule has 15 heavy (non-hydrogen) atoms. The third-order valence-corrected chi connectivity index (χ3v) is 4.28. The molecule has 0 aliphatic heterocycles. The molecular formula is C14H22O. The van der Waals surface area contributed by atoms with Crippen LogP contribution in [-0.2, 0) is 4.79 Å². The highest BCUT2D eigenvalue weighted by Gasteiger charge is 2.42. The van der Waals surface area contributed by atoms with Crippen molar-refractivity contribution < 1.29 is 4.79 Å². The van der Waals surface area contributed by atoms with Crippen molar-refractivity contribution in [2.75, 3.05) is 0 Å². The summed E-state index contributed by atoms with van der Waals surface area (Å²) in [6, 6.07) is 0. The van der Waals surface area contributed by atoms with Gasteiger partial charge in [-0.25, -0.2) is 0 Å². The summed E-state index contributed by atoms with van der Waals surface area (Å²) in [4.78, 5) is 12.1. The molecular weight excluding hydrogens is 184 g/mol. The van der Waals surface area contributed by atoms with Gasteiger partial charge in [0.1, 0.15) is 0 Å². The third kappa shape index (κ3) is 1.66. The van der Waals surface area contributed by atoms with Gasteiger partial charge in [0.25, 0.3) is 0 Å². The molecule has 0 aromatic heterocycles. The molecule has 0 saturated heterocycles. The highest BCUT2D eigenvalue weighted by atomic mass is 16.1. The highest BCUT2D eigenvalue weighted by Crippen LogP contribution is 2.52. The first-order valence-corrected chi connectivity index (χ1v) is 6.12. The smallest absolute Gasteiger partial charge is 0.159 e. The van der Waals surface area contributed by atoms with Crippen molar-refractivity contribution in [3.63, 3.8) is 0 Å². The van der Waals surface area contributed by atoms with Crippen molar-refractivity contribution in [3.05, 3.63) is 11.1 Å². The molecule has 1 nitrogen and oxygen atoms in total. The summed E-state index contributed by atoms with van der Waals surface area (Å²) in [7, 11) is 0. The molecule has 84 valence electrons. The summed E-state index contributed by atoms with van der Waals surface area (Å²) in [5.74, 6) is 0.425. The Kier molecular flexibility index (Phi) is 2.33. The summed E-state index contributed by atoms with van der Waals surface area (Å²) >= 11 is 0. The summed E-state index contributed by atoms with van der Waals surface area (Å²) in [5, 5.41) is 0. The number of Topliss-reactive ketones (excluding diaryl/α,β-unsaturated/α-hetero) is 1. The lowest BCUT2D eigenvalue weighted by atomic mass is 9.59. The summed E-state index contributed by atoms with van der Waals surface area (Å²) in [6.45, 7) is 9.08. The average molecular weight is 206 g/mol. The topological polar surface area (TPSA) is 17.1 Å². The minimum absolute atomic E-state index is 0.127. The number of hydrogen-bond acceptors (Lipinski definition) is 1. The predicted octanol–water partition coefficient (Wildman–Crippen LogP) is 3.88. The Labute approximate surface area is 92.9 Å². The van der Waals surface area contributed by atoms with Gasteiger partial charge in [0.05, 0.1) is 0 Å². The van der Waals surface area contributed by atoms with E-state index in [2.05, 4.69) is 27.7 Å². The molecule has 0 N–H and O–H groups in total. The standard InChI is InChI=1S/C14H22O/c1-13(2)8-9-14(3,4)12-10(13)6-5-7-11(12)15/h5-9H2,1-4H3. The fourth-order valence-electron chi connectivity index (χ4n) is 3.21. The monoisotopic (exact) mass is 206 g/mol. The summed E-state index contributed by atoms with van der Waals surface area (Å²) < 4.78 is 0. The molecule has 1 heteroatoms. The van der Waals surface area contributed by atoms with E-state index in [4.69, 9.17) is 0 Å². The Morgan fingerprint density at radius 3 is 2.13 bits per heavy atom. The van der Waals surface area contributed by atoms with Crippen molar-refractivity contribution in [1.82, 2.24) is 0 Å². The second-order valence-corrected chi connectivity index (χ2v) is 6.40. The maximum Gasteiger partial charge on any atom is 0.159 e. The van der Waals surface area contributed by atoms with Gasteiger partial charge in [-0.2, -0.15) is 0 Å². The van der Waals surface area contributed by atoms with E-state index >= 15 is 0 Å². The number of ketones is 1. The first-order chi connectivity index (χ1) is 6.84. The lowest BCUT2D eigenvalue weighted by Crippen LogP contribution is -2.36. The molecule has 0 heterocycles. The van der Waals surface area contributed by atoms with E-state index in [1.165, 1.54) is 17.6 Å². The Morgan fingerprint density at radius 1 is 0.933 bits per heavy atom. The van der Waals surface area contributed by atoms with Crippen LogP contribution in [0.4, 0.5) is 0 Å². The van der Waals surface area contributed by atoms with Crippen LogP contribution in [0.25, 0.3) is 0 Å². The Morgan fingerprint density at radius 2 is 1.53 bits per heavy atom. The molecule has 2 aliphatic rings. The van der Waals surface area contributed by atoms with Crippen molar-refractivity contribution in [3.8, 4) is 0 Å². The zero-order valence-corrected chi connectivity index (χ0v) is 10.4. The highest BCUT2D eigenvalue weighted by molar-refractivity contribution is 5.98. The van der Waals surface area contributed by atoms with E-state index in [1.54, 1.807) is 0 Å². The van der Waals surface area contributed by atoms with Gasteiger partial charge < -0.3 is 0 Å². The number of rotatable bonds is 0. The number of carbonyl (C=O) groups is 1. The minimum Gasteiger partial charge on any atom is -0.295 e. The Bertz CT molecular complexity index is 331. The first kappa shape index (κ1) is 10.9. The van der Waals surface area contributed by atoms with Crippen LogP contribution in [0.15, 0.2) is 11.1 Å². The maximum absolute atomic E-state index is 12.1. The van der Waals surface area contributed by atoms with Crippen LogP contribution in [0.1, 0.15) is 59.8 Å². The van der Waals surface area contributed by atoms with Crippen LogP contribution in [-0.4, -0.2) is 5.78 Å². The second kappa shape index (κ2) is 3.20. The van der Waals surface area contributed by atoms with E-state index in [9.17, 15) is 4.79 Å². The minimum atomic E-state index is 0.127. The van der Waals surface area contributed by atoms with Crippen LogP contribution in [0.5, 0.6) is 0 Å². The molecule has 0 atom stereocenters. The lowest BCUT2D eigenvalue weighted by molar-refractivity contribution is -0.117. The number of carbonyl (C=O) groups excluding carboxylic acids is 1. The molecule has 0 unspecified atom stereocenters. The van der Waals surface area contributed by atoms with Gasteiger partial charge in [-0.15, -0.1) is 0 Å². The molecule has 0 spiro atoms. The molecule has 2 aliphatic carbocycles. The van der Waals surface area contributed by atoms with Crippen molar-refractivity contribution in [2.45, 2.75) is 59.8 Å². The van der Waals surface area contributed by atoms with Crippen LogP contribution in [0, 0.1) is 10.8 Å². The molecule has 0 aromatic rings. The van der Waals surface area contributed by atoms with Crippen LogP contribution in [0.2, 0.25) is 0 Å². The largest absolute Gasteiger partial charge is 0.295 e. The van der Waals surface area contributed by atoms with Gasteiger partial charge in [-0.1, -0.05) is 33.3 Å². The fourth-order valence-corrected chi connectivity index (χ4v) is 3.21. The molecule has 0 amide bonds. The molecule has 0 fully saturated rings. The number of allylic oxidation sites excluding steroid dienone is 2. The molecule has 2 rings (SSSR count). The average Bonchev–Trinajstić information content (AvgIpc) is 2.13. The maximum atomic E-state index is 12.1. The van der Waals surface area contributed by atoms with Crippen molar-refractivity contribution in [2.24, 2.45) is 10.8 Å². The number of hydrogen-bond donors (Lipinski definition) is 0. The van der Waals surface area contributed by atoms with E-state index in [0.29, 0.717) is 5.78 Å². The van der Waals surface area contributed by atoms with Gasteiger partial charge in [0, 0.05) is 12.0 Å².